The minimum atomic E-state index is -0.683. The van der Waals surface area contributed by atoms with Gasteiger partial charge in [0.15, 0.2) is 5.82 Å². The van der Waals surface area contributed by atoms with Gasteiger partial charge in [-0.15, -0.1) is 0 Å². The second kappa shape index (κ2) is 8.55. The molecule has 1 heterocycles. The molecule has 0 aliphatic heterocycles. The van der Waals surface area contributed by atoms with Crippen LogP contribution in [-0.4, -0.2) is 42.1 Å². The number of hydrogen-bond donors (Lipinski definition) is 2. The van der Waals surface area contributed by atoms with Crippen LogP contribution in [0.25, 0.3) is 11.4 Å². The Morgan fingerprint density at radius 2 is 1.56 bits per heavy atom. The van der Waals surface area contributed by atoms with Crippen LogP contribution < -0.4 is 10.6 Å². The van der Waals surface area contributed by atoms with E-state index in [9.17, 15) is 8.78 Å². The molecule has 0 fully saturated rings. The lowest BCUT2D eigenvalue weighted by atomic mass is 10.2. The predicted octanol–water partition coefficient (Wildman–Crippen LogP) is 4.14. The first-order chi connectivity index (χ1) is 13.0. The molecule has 7 heteroatoms. The monoisotopic (exact) mass is 369 g/mol. The number of aromatic nitrogens is 2. The van der Waals surface area contributed by atoms with E-state index in [1.165, 1.54) is 18.2 Å². The Labute approximate surface area is 157 Å². The quantitative estimate of drug-likeness (QED) is 0.656. The SMILES string of the molecule is CN(C)CCNc1cc(Nc2c(F)cccc2F)nc(-c2ccccc2)n1. The van der Waals surface area contributed by atoms with Gasteiger partial charge in [0.2, 0.25) is 0 Å². The van der Waals surface area contributed by atoms with E-state index in [4.69, 9.17) is 0 Å². The van der Waals surface area contributed by atoms with E-state index < -0.39 is 11.6 Å². The lowest BCUT2D eigenvalue weighted by Crippen LogP contribution is -2.21. The van der Waals surface area contributed by atoms with E-state index in [0.29, 0.717) is 24.0 Å². The summed E-state index contributed by atoms with van der Waals surface area (Å²) in [6, 6.07) is 14.8. The van der Waals surface area contributed by atoms with Crippen molar-refractivity contribution in [3.05, 3.63) is 66.2 Å². The van der Waals surface area contributed by atoms with Gasteiger partial charge in [0.25, 0.3) is 0 Å². The Hall–Kier alpha value is -3.06. The van der Waals surface area contributed by atoms with Gasteiger partial charge in [-0.05, 0) is 26.2 Å². The normalized spacial score (nSPS) is 10.9. The van der Waals surface area contributed by atoms with Crippen LogP contribution in [0, 0.1) is 11.6 Å². The largest absolute Gasteiger partial charge is 0.369 e. The summed E-state index contributed by atoms with van der Waals surface area (Å²) in [4.78, 5) is 11.0. The molecule has 0 aliphatic rings. The summed E-state index contributed by atoms with van der Waals surface area (Å²) in [6.07, 6.45) is 0. The zero-order chi connectivity index (χ0) is 19.2. The van der Waals surface area contributed by atoms with Crippen LogP contribution in [-0.2, 0) is 0 Å². The third-order valence-electron chi connectivity index (χ3n) is 3.84. The van der Waals surface area contributed by atoms with E-state index in [0.717, 1.165) is 12.1 Å². The first kappa shape index (κ1) is 18.7. The van der Waals surface area contributed by atoms with Crippen LogP contribution in [0.4, 0.5) is 26.1 Å². The number of benzene rings is 2. The van der Waals surface area contributed by atoms with Gasteiger partial charge in [0, 0.05) is 24.7 Å². The van der Waals surface area contributed by atoms with Crippen molar-refractivity contribution in [1.29, 1.82) is 0 Å². The zero-order valence-corrected chi connectivity index (χ0v) is 15.2. The number of hydrogen-bond acceptors (Lipinski definition) is 5. The highest BCUT2D eigenvalue weighted by Crippen LogP contribution is 2.25. The van der Waals surface area contributed by atoms with Gasteiger partial charge < -0.3 is 15.5 Å². The number of halogens is 2. The number of nitrogens with zero attached hydrogens (tertiary/aromatic N) is 3. The second-order valence-electron chi connectivity index (χ2n) is 6.28. The van der Waals surface area contributed by atoms with Crippen LogP contribution in [0.2, 0.25) is 0 Å². The molecule has 2 aromatic carbocycles. The lowest BCUT2D eigenvalue weighted by molar-refractivity contribution is 0.425. The van der Waals surface area contributed by atoms with E-state index >= 15 is 0 Å². The fourth-order valence-electron chi connectivity index (χ4n) is 2.47. The molecule has 0 saturated heterocycles. The van der Waals surface area contributed by atoms with Gasteiger partial charge in [0.1, 0.15) is 29.0 Å². The summed E-state index contributed by atoms with van der Waals surface area (Å²) in [7, 11) is 3.95. The topological polar surface area (TPSA) is 53.1 Å². The van der Waals surface area contributed by atoms with Gasteiger partial charge in [-0.3, -0.25) is 0 Å². The maximum absolute atomic E-state index is 14.0. The Morgan fingerprint density at radius 3 is 2.22 bits per heavy atom. The number of para-hydroxylation sites is 1. The predicted molar refractivity (Wildman–Crippen MR) is 104 cm³/mol. The molecule has 3 aromatic rings. The highest BCUT2D eigenvalue weighted by atomic mass is 19.1. The van der Waals surface area contributed by atoms with Crippen LogP contribution in [0.1, 0.15) is 0 Å². The highest BCUT2D eigenvalue weighted by molar-refractivity contribution is 5.65. The number of likely N-dealkylation sites (N-methyl/N-ethyl adjacent to an activating group) is 1. The molecule has 0 radical (unpaired) electrons. The van der Waals surface area contributed by atoms with Crippen molar-refractivity contribution >= 4 is 17.3 Å². The Bertz CT molecular complexity index is 880. The minimum Gasteiger partial charge on any atom is -0.369 e. The van der Waals surface area contributed by atoms with E-state index in [2.05, 4.69) is 20.6 Å². The highest BCUT2D eigenvalue weighted by Gasteiger charge is 2.12. The molecule has 2 N–H and O–H groups in total. The number of nitrogens with one attached hydrogen (secondary N) is 2. The average Bonchev–Trinajstić information content (AvgIpc) is 2.65. The van der Waals surface area contributed by atoms with Crippen molar-refractivity contribution in [2.45, 2.75) is 0 Å². The van der Waals surface area contributed by atoms with Gasteiger partial charge in [-0.25, -0.2) is 18.7 Å². The first-order valence-electron chi connectivity index (χ1n) is 8.57. The van der Waals surface area contributed by atoms with Crippen molar-refractivity contribution in [3.63, 3.8) is 0 Å². The molecule has 0 saturated carbocycles. The molecule has 0 bridgehead atoms. The van der Waals surface area contributed by atoms with Crippen LogP contribution in [0.5, 0.6) is 0 Å². The van der Waals surface area contributed by atoms with Gasteiger partial charge in [0.05, 0.1) is 0 Å². The van der Waals surface area contributed by atoms with Crippen LogP contribution in [0.3, 0.4) is 0 Å². The molecule has 1 aromatic heterocycles. The van der Waals surface area contributed by atoms with E-state index in [1.54, 1.807) is 6.07 Å². The maximum Gasteiger partial charge on any atom is 0.163 e. The average molecular weight is 369 g/mol. The molecule has 0 aliphatic carbocycles. The maximum atomic E-state index is 14.0. The summed E-state index contributed by atoms with van der Waals surface area (Å²) in [6.45, 7) is 1.49. The second-order valence-corrected chi connectivity index (χ2v) is 6.28. The molecule has 27 heavy (non-hydrogen) atoms. The van der Waals surface area contributed by atoms with Gasteiger partial charge in [-0.2, -0.15) is 0 Å². The fraction of sp³-hybridized carbons (Fsp3) is 0.200. The van der Waals surface area contributed by atoms with Gasteiger partial charge >= 0.3 is 0 Å². The molecule has 3 rings (SSSR count). The smallest absolute Gasteiger partial charge is 0.163 e. The van der Waals surface area contributed by atoms with Gasteiger partial charge in [-0.1, -0.05) is 36.4 Å². The summed E-state index contributed by atoms with van der Waals surface area (Å²) in [5.41, 5.74) is 0.570. The Morgan fingerprint density at radius 1 is 0.889 bits per heavy atom. The third-order valence-corrected chi connectivity index (χ3v) is 3.84. The first-order valence-corrected chi connectivity index (χ1v) is 8.57. The van der Waals surface area contributed by atoms with Crippen molar-refractivity contribution in [3.8, 4) is 11.4 Å². The molecule has 5 nitrogen and oxygen atoms in total. The molecule has 0 atom stereocenters. The van der Waals surface area contributed by atoms with Crippen LogP contribution >= 0.6 is 0 Å². The molecule has 0 unspecified atom stereocenters. The van der Waals surface area contributed by atoms with Crippen LogP contribution in [0.15, 0.2) is 54.6 Å². The summed E-state index contributed by atoms with van der Waals surface area (Å²) >= 11 is 0. The summed E-state index contributed by atoms with van der Waals surface area (Å²) in [5, 5.41) is 5.96. The molecule has 0 amide bonds. The summed E-state index contributed by atoms with van der Waals surface area (Å²) in [5.74, 6) is -0.0242. The molecular formula is C20H21F2N5. The zero-order valence-electron chi connectivity index (χ0n) is 15.2. The number of anilines is 3. The Kier molecular flexibility index (Phi) is 5.93. The third kappa shape index (κ3) is 4.98. The van der Waals surface area contributed by atoms with Crippen molar-refractivity contribution in [2.24, 2.45) is 0 Å². The van der Waals surface area contributed by atoms with Crippen molar-refractivity contribution in [1.82, 2.24) is 14.9 Å². The fourth-order valence-corrected chi connectivity index (χ4v) is 2.47. The van der Waals surface area contributed by atoms with Crippen molar-refractivity contribution in [2.75, 3.05) is 37.8 Å². The lowest BCUT2D eigenvalue weighted by Gasteiger charge is -2.14. The standard InChI is InChI=1S/C20H21F2N5/c1-27(2)12-11-23-17-13-18(24-19-15(21)9-6-10-16(19)22)26-20(25-17)14-7-4-3-5-8-14/h3-10,13H,11-12H2,1-2H3,(H2,23,24,25,26). The molecular weight excluding hydrogens is 348 g/mol. The Balaban J connectivity index is 1.94. The molecule has 140 valence electrons. The van der Waals surface area contributed by atoms with E-state index in [-0.39, 0.29) is 5.69 Å². The van der Waals surface area contributed by atoms with Crippen molar-refractivity contribution < 1.29 is 8.78 Å². The molecule has 0 spiro atoms. The number of rotatable bonds is 7. The van der Waals surface area contributed by atoms with E-state index in [1.807, 2.05) is 49.3 Å². The summed E-state index contributed by atoms with van der Waals surface area (Å²) < 4.78 is 28.0. The minimum absolute atomic E-state index is 0.241.